The van der Waals surface area contributed by atoms with Gasteiger partial charge < -0.3 is 9.15 Å². The highest BCUT2D eigenvalue weighted by atomic mass is 32.2. The first kappa shape index (κ1) is 21.2. The zero-order chi connectivity index (χ0) is 22.0. The van der Waals surface area contributed by atoms with Crippen molar-refractivity contribution in [3.63, 3.8) is 0 Å². The van der Waals surface area contributed by atoms with Crippen molar-refractivity contribution in [2.45, 2.75) is 31.3 Å². The summed E-state index contributed by atoms with van der Waals surface area (Å²) in [6.45, 7) is 2.31. The van der Waals surface area contributed by atoms with Gasteiger partial charge in [-0.3, -0.25) is 9.78 Å². The van der Waals surface area contributed by atoms with Gasteiger partial charge in [0.15, 0.2) is 0 Å². The van der Waals surface area contributed by atoms with Gasteiger partial charge in [-0.1, -0.05) is 12.1 Å². The molecule has 0 atom stereocenters. The van der Waals surface area contributed by atoms with Gasteiger partial charge in [0.05, 0.1) is 5.92 Å². The number of aryl methyl sites for hydroxylation is 1. The summed E-state index contributed by atoms with van der Waals surface area (Å²) in [7, 11) is -3.63. The fourth-order valence-electron chi connectivity index (χ4n) is 3.70. The summed E-state index contributed by atoms with van der Waals surface area (Å²) in [6, 6.07) is 9.90. The van der Waals surface area contributed by atoms with E-state index in [4.69, 9.17) is 9.15 Å². The minimum Gasteiger partial charge on any atom is -0.461 e. The monoisotopic (exact) mass is 442 g/mol. The molecule has 0 amide bonds. The number of hydrogen-bond acceptors (Lipinski definition) is 7. The highest BCUT2D eigenvalue weighted by Crippen LogP contribution is 2.25. The van der Waals surface area contributed by atoms with Crippen LogP contribution in [-0.4, -0.2) is 36.8 Å². The number of nitrogens with zero attached hydrogens (tertiary/aromatic N) is 2. The van der Waals surface area contributed by atoms with Gasteiger partial charge in [0.2, 0.25) is 10.0 Å². The lowest BCUT2D eigenvalue weighted by atomic mass is 9.98. The van der Waals surface area contributed by atoms with Crippen LogP contribution in [0, 0.1) is 12.8 Å². The maximum Gasteiger partial charge on any atom is 0.336 e. The summed E-state index contributed by atoms with van der Waals surface area (Å²) < 4.78 is 37.4. The van der Waals surface area contributed by atoms with Gasteiger partial charge in [-0.05, 0) is 43.5 Å². The van der Waals surface area contributed by atoms with Crippen molar-refractivity contribution < 1.29 is 22.4 Å². The van der Waals surface area contributed by atoms with E-state index in [2.05, 4.69) is 4.98 Å². The van der Waals surface area contributed by atoms with Gasteiger partial charge in [-0.15, -0.1) is 0 Å². The second-order valence-corrected chi connectivity index (χ2v) is 9.50. The van der Waals surface area contributed by atoms with Crippen LogP contribution >= 0.6 is 0 Å². The third-order valence-corrected chi connectivity index (χ3v) is 7.30. The van der Waals surface area contributed by atoms with E-state index in [0.717, 1.165) is 10.9 Å². The number of carbonyl (C=O) groups excluding carboxylic acids is 1. The SMILES string of the molecule is Cc1ccc2c(COC(=O)C3CCN(S(=O)(=O)c4cccnc4)CC3)cc(=O)oc2c1. The fraction of sp³-hybridized carbons (Fsp3) is 0.318. The fourth-order valence-corrected chi connectivity index (χ4v) is 5.14. The zero-order valence-electron chi connectivity index (χ0n) is 17.0. The Kier molecular flexibility index (Phi) is 5.88. The predicted molar refractivity (Wildman–Crippen MR) is 113 cm³/mol. The lowest BCUT2D eigenvalue weighted by molar-refractivity contribution is -0.151. The molecule has 1 aliphatic rings. The number of pyridine rings is 1. The molecular weight excluding hydrogens is 420 g/mol. The average Bonchev–Trinajstić information content (AvgIpc) is 2.77. The number of esters is 1. The molecule has 0 bridgehead atoms. The summed E-state index contributed by atoms with van der Waals surface area (Å²) in [5.74, 6) is -0.791. The van der Waals surface area contributed by atoms with Crippen LogP contribution in [0.25, 0.3) is 11.0 Å². The number of fused-ring (bicyclic) bond motifs is 1. The number of aromatic nitrogens is 1. The smallest absolute Gasteiger partial charge is 0.336 e. The van der Waals surface area contributed by atoms with E-state index in [1.807, 2.05) is 19.1 Å². The number of rotatable bonds is 5. The van der Waals surface area contributed by atoms with Gasteiger partial charge in [-0.2, -0.15) is 4.31 Å². The Morgan fingerprint density at radius 1 is 1.23 bits per heavy atom. The molecule has 162 valence electrons. The Labute approximate surface area is 179 Å². The van der Waals surface area contributed by atoms with E-state index in [0.29, 0.717) is 24.0 Å². The number of carbonyl (C=O) groups is 1. The first-order valence-corrected chi connectivity index (χ1v) is 11.4. The van der Waals surface area contributed by atoms with Gasteiger partial charge >= 0.3 is 11.6 Å². The van der Waals surface area contributed by atoms with Crippen molar-refractivity contribution >= 4 is 27.0 Å². The number of sulfonamides is 1. The molecule has 1 aromatic carbocycles. The van der Waals surface area contributed by atoms with Gasteiger partial charge in [0, 0.05) is 42.5 Å². The van der Waals surface area contributed by atoms with E-state index in [-0.39, 0.29) is 24.6 Å². The number of benzene rings is 1. The van der Waals surface area contributed by atoms with E-state index >= 15 is 0 Å². The molecule has 0 radical (unpaired) electrons. The minimum absolute atomic E-state index is 0.0435. The normalized spacial score (nSPS) is 15.8. The Hall–Kier alpha value is -3.04. The Balaban J connectivity index is 1.39. The molecule has 1 saturated heterocycles. The second-order valence-electron chi connectivity index (χ2n) is 7.57. The molecule has 0 unspecified atom stereocenters. The third-order valence-electron chi connectivity index (χ3n) is 5.42. The molecule has 0 saturated carbocycles. The van der Waals surface area contributed by atoms with Crippen molar-refractivity contribution in [3.8, 4) is 0 Å². The molecule has 3 heterocycles. The molecule has 4 rings (SSSR count). The van der Waals surface area contributed by atoms with Crippen molar-refractivity contribution in [2.24, 2.45) is 5.92 Å². The van der Waals surface area contributed by atoms with Crippen molar-refractivity contribution in [2.75, 3.05) is 13.1 Å². The standard InChI is InChI=1S/C22H22N2O6S/c1-15-4-5-19-17(12-21(25)30-20(19)11-15)14-29-22(26)16-6-9-24(10-7-16)31(27,28)18-3-2-8-23-13-18/h2-5,8,11-13,16H,6-7,9-10,14H2,1H3. The Morgan fingerprint density at radius 3 is 2.71 bits per heavy atom. The third kappa shape index (κ3) is 4.52. The number of piperidine rings is 1. The summed E-state index contributed by atoms with van der Waals surface area (Å²) in [5.41, 5.74) is 1.49. The van der Waals surface area contributed by atoms with Crippen molar-refractivity contribution in [1.29, 1.82) is 0 Å². The molecule has 0 aliphatic carbocycles. The molecule has 0 N–H and O–H groups in total. The molecule has 3 aromatic rings. The zero-order valence-corrected chi connectivity index (χ0v) is 17.8. The topological polar surface area (TPSA) is 107 Å². The van der Waals surface area contributed by atoms with Crippen LogP contribution < -0.4 is 5.63 Å². The van der Waals surface area contributed by atoms with Crippen molar-refractivity contribution in [3.05, 3.63) is 70.3 Å². The molecule has 8 nitrogen and oxygen atoms in total. The molecule has 31 heavy (non-hydrogen) atoms. The molecule has 0 spiro atoms. The van der Waals surface area contributed by atoms with Crippen LogP contribution in [0.4, 0.5) is 0 Å². The van der Waals surface area contributed by atoms with Gasteiger partial charge in [0.25, 0.3) is 0 Å². The number of ether oxygens (including phenoxy) is 1. The molecule has 1 fully saturated rings. The lowest BCUT2D eigenvalue weighted by Crippen LogP contribution is -2.40. The highest BCUT2D eigenvalue weighted by Gasteiger charge is 2.33. The average molecular weight is 442 g/mol. The maximum atomic E-state index is 12.7. The molecular formula is C22H22N2O6S. The van der Waals surface area contributed by atoms with E-state index in [9.17, 15) is 18.0 Å². The van der Waals surface area contributed by atoms with E-state index in [1.165, 1.54) is 28.8 Å². The van der Waals surface area contributed by atoms with E-state index < -0.39 is 27.5 Å². The summed E-state index contributed by atoms with van der Waals surface area (Å²) in [6.07, 6.45) is 3.57. The summed E-state index contributed by atoms with van der Waals surface area (Å²) >= 11 is 0. The first-order chi connectivity index (χ1) is 14.8. The van der Waals surface area contributed by atoms with Crippen LogP contribution in [0.5, 0.6) is 0 Å². The predicted octanol–water partition coefficient (Wildman–Crippen LogP) is 2.64. The summed E-state index contributed by atoms with van der Waals surface area (Å²) in [5, 5.41) is 0.718. The maximum absolute atomic E-state index is 12.7. The highest BCUT2D eigenvalue weighted by molar-refractivity contribution is 7.89. The van der Waals surface area contributed by atoms with E-state index in [1.54, 1.807) is 12.1 Å². The number of hydrogen-bond donors (Lipinski definition) is 0. The molecule has 1 aliphatic heterocycles. The van der Waals surface area contributed by atoms with Gasteiger partial charge in [0.1, 0.15) is 17.1 Å². The van der Waals surface area contributed by atoms with Gasteiger partial charge in [-0.25, -0.2) is 13.2 Å². The Morgan fingerprint density at radius 2 is 2.00 bits per heavy atom. The Bertz CT molecular complexity index is 1260. The summed E-state index contributed by atoms with van der Waals surface area (Å²) in [4.78, 5) is 28.4. The van der Waals surface area contributed by atoms with Crippen LogP contribution in [-0.2, 0) is 26.2 Å². The quantitative estimate of drug-likeness (QED) is 0.442. The van der Waals surface area contributed by atoms with Crippen LogP contribution in [0.3, 0.4) is 0 Å². The van der Waals surface area contributed by atoms with Crippen LogP contribution in [0.1, 0.15) is 24.0 Å². The van der Waals surface area contributed by atoms with Crippen LogP contribution in [0.15, 0.2) is 62.9 Å². The van der Waals surface area contributed by atoms with Crippen LogP contribution in [0.2, 0.25) is 0 Å². The minimum atomic E-state index is -3.63. The largest absolute Gasteiger partial charge is 0.461 e. The lowest BCUT2D eigenvalue weighted by Gasteiger charge is -2.30. The van der Waals surface area contributed by atoms with Crippen molar-refractivity contribution in [1.82, 2.24) is 9.29 Å². The second kappa shape index (κ2) is 8.60. The molecule has 2 aromatic heterocycles. The first-order valence-electron chi connectivity index (χ1n) is 9.95. The molecule has 9 heteroatoms.